The molecule has 0 aromatic rings. The second-order valence-corrected chi connectivity index (χ2v) is 12.4. The molecule has 5 heteroatoms. The highest BCUT2D eigenvalue weighted by Crippen LogP contribution is 2.57. The van der Waals surface area contributed by atoms with Crippen molar-refractivity contribution in [3.8, 4) is 0 Å². The molecule has 0 radical (unpaired) electrons. The largest absolute Gasteiger partial charge is 0.330 e. The molecule has 0 spiro atoms. The van der Waals surface area contributed by atoms with Gasteiger partial charge < -0.3 is 22.1 Å². The lowest BCUT2D eigenvalue weighted by atomic mass is 9.50. The van der Waals surface area contributed by atoms with Crippen LogP contribution in [0.1, 0.15) is 116 Å². The highest BCUT2D eigenvalue weighted by Gasteiger charge is 2.49. The summed E-state index contributed by atoms with van der Waals surface area (Å²) in [5.74, 6) is 5.30. The Hall–Kier alpha value is -0.490. The van der Waals surface area contributed by atoms with Crippen molar-refractivity contribution in [3.05, 3.63) is 0 Å². The zero-order valence-electron chi connectivity index (χ0n) is 23.0. The van der Waals surface area contributed by atoms with Gasteiger partial charge in [-0.3, -0.25) is 4.79 Å². The predicted molar refractivity (Wildman–Crippen MR) is 148 cm³/mol. The average Bonchev–Trinajstić information content (AvgIpc) is 2.83. The summed E-state index contributed by atoms with van der Waals surface area (Å²) in [6, 6.07) is 0.405. The van der Waals surface area contributed by atoms with E-state index in [0.717, 1.165) is 87.9 Å². The molecule has 4 fully saturated rings. The minimum absolute atomic E-state index is 0.247. The first-order valence-corrected chi connectivity index (χ1v) is 15.5. The zero-order chi connectivity index (χ0) is 24.9. The second-order valence-electron chi connectivity index (χ2n) is 12.4. The van der Waals surface area contributed by atoms with Gasteiger partial charge in [-0.15, -0.1) is 0 Å². The van der Waals surface area contributed by atoms with E-state index < -0.39 is 0 Å². The number of hydrogen-bond donors (Lipinski definition) is 4. The van der Waals surface area contributed by atoms with Gasteiger partial charge in [-0.25, -0.2) is 0 Å². The number of nitrogens with two attached hydrogens (primary N) is 2. The maximum absolute atomic E-state index is 12.4. The minimum Gasteiger partial charge on any atom is -0.330 e. The summed E-state index contributed by atoms with van der Waals surface area (Å²) in [6.45, 7) is 6.45. The van der Waals surface area contributed by atoms with Crippen molar-refractivity contribution in [2.24, 2.45) is 41.1 Å². The molecule has 4 rings (SSSR count). The SMILES string of the molecule is CC(NCCCC[C@@H](N)C(=O)CCCCCCCCCNCCCN)C1C2CC3CC(C2)CC1C3. The molecule has 0 heterocycles. The second kappa shape index (κ2) is 16.4. The Kier molecular flexibility index (Phi) is 13.6. The van der Waals surface area contributed by atoms with Crippen molar-refractivity contribution in [2.75, 3.05) is 26.2 Å². The first kappa shape index (κ1) is 29.1. The topological polar surface area (TPSA) is 93.2 Å². The zero-order valence-corrected chi connectivity index (χ0v) is 23.0. The van der Waals surface area contributed by atoms with Crippen LogP contribution in [0.15, 0.2) is 0 Å². The summed E-state index contributed by atoms with van der Waals surface area (Å²) in [7, 11) is 0. The van der Waals surface area contributed by atoms with Crippen LogP contribution in [0.2, 0.25) is 0 Å². The Morgan fingerprint density at radius 3 is 2.00 bits per heavy atom. The van der Waals surface area contributed by atoms with E-state index >= 15 is 0 Å². The molecule has 204 valence electrons. The normalized spacial score (nSPS) is 28.9. The van der Waals surface area contributed by atoms with Crippen LogP contribution in [0.5, 0.6) is 0 Å². The minimum atomic E-state index is -0.247. The summed E-state index contributed by atoms with van der Waals surface area (Å²) >= 11 is 0. The van der Waals surface area contributed by atoms with Gasteiger partial charge in [0, 0.05) is 12.5 Å². The first-order valence-electron chi connectivity index (χ1n) is 15.5. The number of carbonyl (C=O) groups excluding carboxylic acids is 1. The summed E-state index contributed by atoms with van der Waals surface area (Å²) < 4.78 is 0. The first-order chi connectivity index (χ1) is 17.1. The molecule has 2 atom stereocenters. The maximum atomic E-state index is 12.4. The lowest BCUT2D eigenvalue weighted by Gasteiger charge is -2.56. The smallest absolute Gasteiger partial charge is 0.149 e. The Bertz CT molecular complexity index is 555. The van der Waals surface area contributed by atoms with Crippen LogP contribution in [0.25, 0.3) is 0 Å². The lowest BCUT2D eigenvalue weighted by molar-refractivity contribution is -0.120. The van der Waals surface area contributed by atoms with E-state index in [1.807, 2.05) is 0 Å². The quantitative estimate of drug-likeness (QED) is 0.167. The van der Waals surface area contributed by atoms with E-state index in [9.17, 15) is 4.79 Å². The van der Waals surface area contributed by atoms with E-state index in [2.05, 4.69) is 17.6 Å². The molecule has 35 heavy (non-hydrogen) atoms. The van der Waals surface area contributed by atoms with Crippen LogP contribution < -0.4 is 22.1 Å². The van der Waals surface area contributed by atoms with E-state index in [-0.39, 0.29) is 11.8 Å². The third kappa shape index (κ3) is 10.1. The number of hydrogen-bond acceptors (Lipinski definition) is 5. The van der Waals surface area contributed by atoms with Gasteiger partial charge in [-0.2, -0.15) is 0 Å². The molecule has 0 amide bonds. The highest BCUT2D eigenvalue weighted by molar-refractivity contribution is 5.83. The Labute approximate surface area is 216 Å². The third-order valence-electron chi connectivity index (χ3n) is 9.53. The summed E-state index contributed by atoms with van der Waals surface area (Å²) in [6.07, 6.45) is 21.0. The van der Waals surface area contributed by atoms with Crippen LogP contribution in [-0.2, 0) is 4.79 Å². The van der Waals surface area contributed by atoms with E-state index in [0.29, 0.717) is 12.5 Å². The van der Waals surface area contributed by atoms with Gasteiger partial charge in [0.15, 0.2) is 0 Å². The van der Waals surface area contributed by atoms with Gasteiger partial charge in [0.1, 0.15) is 5.78 Å². The lowest BCUT2D eigenvalue weighted by Crippen LogP contribution is -2.52. The molecule has 6 N–H and O–H groups in total. The number of rotatable bonds is 21. The van der Waals surface area contributed by atoms with Crippen molar-refractivity contribution in [1.82, 2.24) is 10.6 Å². The van der Waals surface area contributed by atoms with Gasteiger partial charge in [0.2, 0.25) is 0 Å². The van der Waals surface area contributed by atoms with Crippen LogP contribution in [0.3, 0.4) is 0 Å². The molecule has 0 aromatic carbocycles. The molecule has 4 bridgehead atoms. The number of nitrogens with one attached hydrogen (secondary N) is 2. The van der Waals surface area contributed by atoms with Gasteiger partial charge >= 0.3 is 0 Å². The van der Waals surface area contributed by atoms with Crippen LogP contribution in [-0.4, -0.2) is 44.0 Å². The molecule has 1 unspecified atom stereocenters. The summed E-state index contributed by atoms with van der Waals surface area (Å²) in [4.78, 5) is 12.4. The molecule has 4 saturated carbocycles. The molecule has 0 saturated heterocycles. The third-order valence-corrected chi connectivity index (χ3v) is 9.53. The van der Waals surface area contributed by atoms with Crippen molar-refractivity contribution < 1.29 is 4.79 Å². The molecular formula is C30H58N4O. The van der Waals surface area contributed by atoms with Crippen molar-refractivity contribution in [3.63, 3.8) is 0 Å². The van der Waals surface area contributed by atoms with Crippen molar-refractivity contribution in [1.29, 1.82) is 0 Å². The van der Waals surface area contributed by atoms with Crippen molar-refractivity contribution in [2.45, 2.75) is 128 Å². The van der Waals surface area contributed by atoms with E-state index in [1.165, 1.54) is 70.6 Å². The highest BCUT2D eigenvalue weighted by atomic mass is 16.1. The van der Waals surface area contributed by atoms with Crippen LogP contribution in [0, 0.1) is 29.6 Å². The predicted octanol–water partition coefficient (Wildman–Crippen LogP) is 5.16. The van der Waals surface area contributed by atoms with Gasteiger partial charge in [0.05, 0.1) is 6.04 Å². The fourth-order valence-electron chi connectivity index (χ4n) is 7.87. The van der Waals surface area contributed by atoms with Crippen molar-refractivity contribution >= 4 is 5.78 Å². The fraction of sp³-hybridized carbons (Fsp3) is 0.967. The number of Topliss-reactive ketones (excluding diaryl/α,β-unsaturated/α-hetero) is 1. The van der Waals surface area contributed by atoms with Gasteiger partial charge in [-0.1, -0.05) is 38.5 Å². The molecule has 5 nitrogen and oxygen atoms in total. The number of ketones is 1. The van der Waals surface area contributed by atoms with Gasteiger partial charge in [0.25, 0.3) is 0 Å². The fourth-order valence-corrected chi connectivity index (χ4v) is 7.87. The Balaban J connectivity index is 1.11. The molecule has 0 aliphatic heterocycles. The van der Waals surface area contributed by atoms with Gasteiger partial charge in [-0.05, 0) is 127 Å². The Morgan fingerprint density at radius 1 is 0.771 bits per heavy atom. The van der Waals surface area contributed by atoms with Crippen LogP contribution in [0.4, 0.5) is 0 Å². The average molecular weight is 491 g/mol. The van der Waals surface area contributed by atoms with E-state index in [4.69, 9.17) is 11.5 Å². The monoisotopic (exact) mass is 490 g/mol. The number of unbranched alkanes of at least 4 members (excludes halogenated alkanes) is 7. The number of carbonyl (C=O) groups is 1. The standard InChI is InChI=1S/C30H58N4O/c1-23(30-26-19-24-18-25(21-26)22-27(30)20-24)34-17-10-8-12-28(32)29(35)13-7-5-3-2-4-6-9-15-33-16-11-14-31/h23-28,30,33-34H,2-22,31-32H2,1H3/t23?,24?,25?,26?,27?,28-,30?/m1/s1. The van der Waals surface area contributed by atoms with Crippen LogP contribution >= 0.6 is 0 Å². The molecular weight excluding hydrogens is 432 g/mol. The molecule has 4 aliphatic rings. The maximum Gasteiger partial charge on any atom is 0.149 e. The molecule has 4 aliphatic carbocycles. The van der Waals surface area contributed by atoms with E-state index in [1.54, 1.807) is 0 Å². The summed E-state index contributed by atoms with van der Waals surface area (Å²) in [5, 5.41) is 7.29. The summed E-state index contributed by atoms with van der Waals surface area (Å²) in [5.41, 5.74) is 11.7. The molecule has 0 aromatic heterocycles. The Morgan fingerprint density at radius 2 is 1.34 bits per heavy atom.